The maximum absolute atomic E-state index is 11.3. The Kier molecular flexibility index (Phi) is 2.86. The first kappa shape index (κ1) is 10.6. The fourth-order valence-corrected chi connectivity index (χ4v) is 1.65. The highest BCUT2D eigenvalue weighted by atomic mass is 32.2. The summed E-state index contributed by atoms with van der Waals surface area (Å²) in [6, 6.07) is 1.59. The van der Waals surface area contributed by atoms with Crippen molar-refractivity contribution in [3.05, 3.63) is 24.8 Å². The predicted octanol–water partition coefficient (Wildman–Crippen LogP) is 0.253. The van der Waals surface area contributed by atoms with E-state index in [9.17, 15) is 4.21 Å². The lowest BCUT2D eigenvalue weighted by molar-refractivity contribution is 0.683. The largest absolute Gasteiger partial charge is 0.382 e. The van der Waals surface area contributed by atoms with E-state index in [2.05, 4.69) is 19.9 Å². The highest BCUT2D eigenvalue weighted by molar-refractivity contribution is 7.84. The van der Waals surface area contributed by atoms with Gasteiger partial charge in [-0.25, -0.2) is 19.9 Å². The fraction of sp³-hybridized carbons (Fsp3) is 0.111. The average Bonchev–Trinajstić information content (AvgIpc) is 2.30. The molecule has 2 heterocycles. The highest BCUT2D eigenvalue weighted by Crippen LogP contribution is 2.19. The molecular weight excluding hydrogens is 226 g/mol. The smallest absolute Gasteiger partial charge is 0.151 e. The molecule has 2 N–H and O–H groups in total. The summed E-state index contributed by atoms with van der Waals surface area (Å²) in [6.45, 7) is 0. The zero-order valence-electron chi connectivity index (χ0n) is 8.49. The molecular formula is C9H9N5OS. The molecule has 82 valence electrons. The number of hydrogen-bond donors (Lipinski definition) is 1. The molecule has 1 atom stereocenters. The van der Waals surface area contributed by atoms with Gasteiger partial charge in [0.25, 0.3) is 0 Å². The Morgan fingerprint density at radius 2 is 1.94 bits per heavy atom. The van der Waals surface area contributed by atoms with Gasteiger partial charge in [0.1, 0.15) is 17.0 Å². The molecule has 0 saturated carbocycles. The van der Waals surface area contributed by atoms with Gasteiger partial charge in [-0.15, -0.1) is 0 Å². The van der Waals surface area contributed by atoms with Crippen molar-refractivity contribution in [1.82, 2.24) is 19.9 Å². The van der Waals surface area contributed by atoms with Crippen LogP contribution in [0.5, 0.6) is 0 Å². The van der Waals surface area contributed by atoms with Gasteiger partial charge in [-0.05, 0) is 0 Å². The van der Waals surface area contributed by atoms with E-state index in [1.165, 1.54) is 18.7 Å². The summed E-state index contributed by atoms with van der Waals surface area (Å²) in [4.78, 5) is 15.9. The van der Waals surface area contributed by atoms with Crippen LogP contribution in [0, 0.1) is 0 Å². The molecule has 16 heavy (non-hydrogen) atoms. The van der Waals surface area contributed by atoms with E-state index in [4.69, 9.17) is 5.73 Å². The predicted molar refractivity (Wildman–Crippen MR) is 59.8 cm³/mol. The maximum Gasteiger partial charge on any atom is 0.151 e. The molecule has 0 aliphatic rings. The van der Waals surface area contributed by atoms with Crippen molar-refractivity contribution in [2.24, 2.45) is 0 Å². The SMILES string of the molecule is CS(=O)c1cc(-c2nccnc2N)ncn1. The van der Waals surface area contributed by atoms with Crippen molar-refractivity contribution in [3.8, 4) is 11.4 Å². The molecule has 0 spiro atoms. The molecule has 2 aromatic rings. The zero-order chi connectivity index (χ0) is 11.5. The quantitative estimate of drug-likeness (QED) is 0.750. The second-order valence-corrected chi connectivity index (χ2v) is 4.31. The van der Waals surface area contributed by atoms with E-state index in [0.29, 0.717) is 16.4 Å². The molecule has 0 aromatic carbocycles. The summed E-state index contributed by atoms with van der Waals surface area (Å²) in [7, 11) is -1.16. The van der Waals surface area contributed by atoms with Crippen LogP contribution in [0.3, 0.4) is 0 Å². The van der Waals surface area contributed by atoms with Crippen molar-refractivity contribution < 1.29 is 4.21 Å². The Bertz CT molecular complexity index is 545. The van der Waals surface area contributed by atoms with Crippen molar-refractivity contribution in [3.63, 3.8) is 0 Å². The van der Waals surface area contributed by atoms with Crippen LogP contribution in [0.4, 0.5) is 5.82 Å². The minimum absolute atomic E-state index is 0.286. The molecule has 0 bridgehead atoms. The Balaban J connectivity index is 2.53. The first-order valence-corrected chi connectivity index (χ1v) is 5.96. The Labute approximate surface area is 94.4 Å². The summed E-state index contributed by atoms with van der Waals surface area (Å²) < 4.78 is 11.3. The van der Waals surface area contributed by atoms with Gasteiger partial charge in [-0.2, -0.15) is 0 Å². The molecule has 0 aliphatic carbocycles. The monoisotopic (exact) mass is 235 g/mol. The van der Waals surface area contributed by atoms with Crippen molar-refractivity contribution in [2.75, 3.05) is 12.0 Å². The molecule has 0 saturated heterocycles. The van der Waals surface area contributed by atoms with Crippen molar-refractivity contribution >= 4 is 16.6 Å². The normalized spacial score (nSPS) is 12.3. The third-order valence-corrected chi connectivity index (χ3v) is 2.72. The molecule has 2 aromatic heterocycles. The fourth-order valence-electron chi connectivity index (χ4n) is 1.17. The first-order valence-electron chi connectivity index (χ1n) is 4.41. The Hall–Kier alpha value is -1.89. The van der Waals surface area contributed by atoms with Gasteiger partial charge in [0, 0.05) is 24.7 Å². The number of hydrogen-bond acceptors (Lipinski definition) is 6. The summed E-state index contributed by atoms with van der Waals surface area (Å²) in [6.07, 6.45) is 5.90. The van der Waals surface area contributed by atoms with Crippen LogP contribution in [0.2, 0.25) is 0 Å². The summed E-state index contributed by atoms with van der Waals surface area (Å²) in [5.74, 6) is 0.286. The molecule has 1 unspecified atom stereocenters. The number of nitrogens with zero attached hydrogens (tertiary/aromatic N) is 4. The molecule has 0 amide bonds. The minimum atomic E-state index is -1.16. The maximum atomic E-state index is 11.3. The van der Waals surface area contributed by atoms with Gasteiger partial charge in [-0.3, -0.25) is 4.21 Å². The number of rotatable bonds is 2. The van der Waals surface area contributed by atoms with Crippen LogP contribution in [0.15, 0.2) is 29.8 Å². The van der Waals surface area contributed by atoms with Crippen LogP contribution < -0.4 is 5.73 Å². The summed E-state index contributed by atoms with van der Waals surface area (Å²) in [5.41, 5.74) is 6.66. The van der Waals surface area contributed by atoms with Crippen LogP contribution in [0.25, 0.3) is 11.4 Å². The van der Waals surface area contributed by atoms with E-state index < -0.39 is 10.8 Å². The lowest BCUT2D eigenvalue weighted by Gasteiger charge is -2.02. The van der Waals surface area contributed by atoms with Gasteiger partial charge in [0.05, 0.1) is 16.5 Å². The van der Waals surface area contributed by atoms with Gasteiger partial charge >= 0.3 is 0 Å². The third-order valence-electron chi connectivity index (χ3n) is 1.91. The van der Waals surface area contributed by atoms with E-state index in [1.807, 2.05) is 0 Å². The topological polar surface area (TPSA) is 94.7 Å². The second-order valence-electron chi connectivity index (χ2n) is 2.99. The highest BCUT2D eigenvalue weighted by Gasteiger charge is 2.08. The summed E-state index contributed by atoms with van der Waals surface area (Å²) >= 11 is 0. The van der Waals surface area contributed by atoms with Crippen molar-refractivity contribution in [1.29, 1.82) is 0 Å². The van der Waals surface area contributed by atoms with E-state index in [1.54, 1.807) is 12.3 Å². The standard InChI is InChI=1S/C9H9N5OS/c1-16(15)7-4-6(13-5-14-7)8-9(10)12-3-2-11-8/h2-5H,1H3,(H2,10,12). The molecule has 0 fully saturated rings. The van der Waals surface area contributed by atoms with Gasteiger partial charge in [-0.1, -0.05) is 0 Å². The van der Waals surface area contributed by atoms with Crippen molar-refractivity contribution in [2.45, 2.75) is 5.03 Å². The lowest BCUT2D eigenvalue weighted by atomic mass is 10.3. The minimum Gasteiger partial charge on any atom is -0.382 e. The van der Waals surface area contributed by atoms with Crippen LogP contribution in [-0.4, -0.2) is 30.4 Å². The van der Waals surface area contributed by atoms with Crippen LogP contribution in [-0.2, 0) is 10.8 Å². The number of nitrogens with two attached hydrogens (primary N) is 1. The van der Waals surface area contributed by atoms with E-state index in [0.717, 1.165) is 0 Å². The first-order chi connectivity index (χ1) is 7.68. The Morgan fingerprint density at radius 1 is 1.19 bits per heavy atom. The van der Waals surface area contributed by atoms with Gasteiger partial charge < -0.3 is 5.73 Å². The molecule has 0 radical (unpaired) electrons. The molecule has 0 aliphatic heterocycles. The van der Waals surface area contributed by atoms with Crippen LogP contribution >= 0.6 is 0 Å². The average molecular weight is 235 g/mol. The molecule has 7 heteroatoms. The Morgan fingerprint density at radius 3 is 2.62 bits per heavy atom. The van der Waals surface area contributed by atoms with E-state index >= 15 is 0 Å². The van der Waals surface area contributed by atoms with E-state index in [-0.39, 0.29) is 5.82 Å². The molecule has 2 rings (SSSR count). The van der Waals surface area contributed by atoms with Crippen LogP contribution in [0.1, 0.15) is 0 Å². The molecule has 6 nitrogen and oxygen atoms in total. The second kappa shape index (κ2) is 4.31. The van der Waals surface area contributed by atoms with Gasteiger partial charge in [0.15, 0.2) is 5.82 Å². The lowest BCUT2D eigenvalue weighted by Crippen LogP contribution is -2.00. The number of anilines is 1. The summed E-state index contributed by atoms with van der Waals surface area (Å²) in [5, 5.41) is 0.440. The van der Waals surface area contributed by atoms with Gasteiger partial charge in [0.2, 0.25) is 0 Å². The zero-order valence-corrected chi connectivity index (χ0v) is 9.31. The number of aromatic nitrogens is 4. The third kappa shape index (κ3) is 2.03. The number of nitrogen functional groups attached to an aromatic ring is 1.